The van der Waals surface area contributed by atoms with Crippen LogP contribution in [0.3, 0.4) is 0 Å². The minimum Gasteiger partial charge on any atom is -0.361 e. The van der Waals surface area contributed by atoms with Crippen LogP contribution in [-0.4, -0.2) is 20.1 Å². The van der Waals surface area contributed by atoms with Crippen molar-refractivity contribution < 1.29 is 8.73 Å². The first-order valence-corrected chi connectivity index (χ1v) is 10.2. The zero-order valence-corrected chi connectivity index (χ0v) is 14.8. The maximum Gasteiger partial charge on any atom is 0.137 e. The second-order valence-electron chi connectivity index (χ2n) is 6.00. The van der Waals surface area contributed by atoms with Crippen molar-refractivity contribution in [1.82, 2.24) is 10.1 Å². The van der Waals surface area contributed by atoms with E-state index >= 15 is 0 Å². The maximum absolute atomic E-state index is 12.3. The summed E-state index contributed by atoms with van der Waals surface area (Å²) in [5.41, 5.74) is 2.99. The third kappa shape index (κ3) is 3.66. The molecule has 1 aliphatic rings. The number of hydrogen-bond acceptors (Lipinski definition) is 5. The van der Waals surface area contributed by atoms with Crippen molar-refractivity contribution in [1.29, 1.82) is 0 Å². The molecular weight excluding hydrogens is 316 g/mol. The Hall–Kier alpha value is -1.01. The van der Waals surface area contributed by atoms with Crippen LogP contribution in [-0.2, 0) is 23.0 Å². The van der Waals surface area contributed by atoms with Crippen molar-refractivity contribution in [2.24, 2.45) is 0 Å². The molecule has 0 spiro atoms. The van der Waals surface area contributed by atoms with E-state index in [4.69, 9.17) is 9.51 Å². The maximum atomic E-state index is 12.3. The molecular formula is C16H22N2O2S2. The molecule has 0 bridgehead atoms. The van der Waals surface area contributed by atoms with Crippen LogP contribution in [0.5, 0.6) is 0 Å². The molecule has 2 aromatic rings. The molecule has 4 nitrogen and oxygen atoms in total. The molecule has 1 fully saturated rings. The molecule has 0 N–H and O–H groups in total. The molecule has 0 aliphatic heterocycles. The topological polar surface area (TPSA) is 56.0 Å². The van der Waals surface area contributed by atoms with Crippen molar-refractivity contribution in [3.63, 3.8) is 0 Å². The van der Waals surface area contributed by atoms with E-state index in [2.05, 4.69) is 10.5 Å². The van der Waals surface area contributed by atoms with Crippen LogP contribution in [0.4, 0.5) is 0 Å². The normalized spacial score (nSPS) is 17.2. The minimum atomic E-state index is -0.886. The highest BCUT2D eigenvalue weighted by atomic mass is 32.2. The van der Waals surface area contributed by atoms with Crippen LogP contribution in [0.2, 0.25) is 0 Å². The lowest BCUT2D eigenvalue weighted by molar-refractivity contribution is 0.392. The fourth-order valence-corrected chi connectivity index (χ4v) is 5.21. The average Bonchev–Trinajstić information content (AvgIpc) is 3.20. The summed E-state index contributed by atoms with van der Waals surface area (Å²) in [5.74, 6) is 2.69. The summed E-state index contributed by atoms with van der Waals surface area (Å²) in [7, 11) is -0.886. The van der Waals surface area contributed by atoms with Gasteiger partial charge in [-0.1, -0.05) is 18.0 Å². The number of aromatic nitrogens is 2. The van der Waals surface area contributed by atoms with Crippen molar-refractivity contribution in [3.8, 4) is 0 Å². The second kappa shape index (κ2) is 7.04. The Balaban J connectivity index is 1.53. The summed E-state index contributed by atoms with van der Waals surface area (Å²) in [6.07, 6.45) is 5.93. The Bertz CT molecular complexity index is 637. The van der Waals surface area contributed by atoms with Gasteiger partial charge in [-0.15, -0.1) is 11.3 Å². The van der Waals surface area contributed by atoms with E-state index in [0.717, 1.165) is 29.1 Å². The number of aryl methyl sites for hydroxylation is 2. The Morgan fingerprint density at radius 2 is 2.14 bits per heavy atom. The highest BCUT2D eigenvalue weighted by molar-refractivity contribution is 7.84. The summed E-state index contributed by atoms with van der Waals surface area (Å²) >= 11 is 1.74. The zero-order chi connectivity index (χ0) is 15.5. The Morgan fingerprint density at radius 3 is 2.82 bits per heavy atom. The Kier molecular flexibility index (Phi) is 5.08. The lowest BCUT2D eigenvalue weighted by atomic mass is 10.1. The molecule has 1 unspecified atom stereocenters. The molecule has 6 heteroatoms. The first-order chi connectivity index (χ1) is 10.6. The van der Waals surface area contributed by atoms with Gasteiger partial charge in [0.15, 0.2) is 0 Å². The quantitative estimate of drug-likeness (QED) is 0.801. The van der Waals surface area contributed by atoms with Gasteiger partial charge in [0.2, 0.25) is 0 Å². The Labute approximate surface area is 137 Å². The molecule has 1 saturated carbocycles. The number of thiazole rings is 1. The molecule has 0 aromatic carbocycles. The van der Waals surface area contributed by atoms with Gasteiger partial charge in [0, 0.05) is 33.4 Å². The lowest BCUT2D eigenvalue weighted by Crippen LogP contribution is -2.05. The number of rotatable bonds is 6. The van der Waals surface area contributed by atoms with Gasteiger partial charge in [0.25, 0.3) is 0 Å². The number of hydrogen-bond donors (Lipinski definition) is 0. The van der Waals surface area contributed by atoms with Crippen molar-refractivity contribution in [3.05, 3.63) is 33.1 Å². The van der Waals surface area contributed by atoms with Gasteiger partial charge in [-0.2, -0.15) is 0 Å². The molecule has 120 valence electrons. The molecule has 0 saturated heterocycles. The fourth-order valence-electron chi connectivity index (χ4n) is 3.06. The smallest absolute Gasteiger partial charge is 0.137 e. The minimum absolute atomic E-state index is 0.562. The van der Waals surface area contributed by atoms with Gasteiger partial charge in [0.05, 0.1) is 22.1 Å². The summed E-state index contributed by atoms with van der Waals surface area (Å²) in [6.45, 7) is 3.84. The van der Waals surface area contributed by atoms with Gasteiger partial charge in [-0.05, 0) is 33.1 Å². The summed E-state index contributed by atoms with van der Waals surface area (Å²) in [6, 6.07) is 0. The molecule has 0 amide bonds. The molecule has 2 heterocycles. The van der Waals surface area contributed by atoms with E-state index in [-0.39, 0.29) is 0 Å². The van der Waals surface area contributed by atoms with Crippen molar-refractivity contribution in [2.75, 3.05) is 5.75 Å². The van der Waals surface area contributed by atoms with E-state index in [1.165, 1.54) is 30.7 Å². The lowest BCUT2D eigenvalue weighted by Gasteiger charge is -2.03. The molecule has 1 aliphatic carbocycles. The predicted octanol–water partition coefficient (Wildman–Crippen LogP) is 3.90. The molecule has 2 aromatic heterocycles. The molecule has 1 atom stereocenters. The Morgan fingerprint density at radius 1 is 1.36 bits per heavy atom. The summed E-state index contributed by atoms with van der Waals surface area (Å²) in [4.78, 5) is 4.71. The molecule has 3 rings (SSSR count). The second-order valence-corrected chi connectivity index (χ2v) is 8.47. The highest BCUT2D eigenvalue weighted by Gasteiger charge is 2.20. The van der Waals surface area contributed by atoms with Crippen LogP contribution in [0.1, 0.15) is 59.3 Å². The van der Waals surface area contributed by atoms with Crippen molar-refractivity contribution in [2.45, 2.75) is 57.6 Å². The van der Waals surface area contributed by atoms with E-state index in [1.807, 2.05) is 13.8 Å². The van der Waals surface area contributed by atoms with Gasteiger partial charge >= 0.3 is 0 Å². The SMILES string of the molecule is Cc1noc(C)c1CCS(=O)Cc1csc(C2CCCC2)n1. The van der Waals surface area contributed by atoms with Crippen LogP contribution in [0.15, 0.2) is 9.90 Å². The van der Waals surface area contributed by atoms with Gasteiger partial charge in [0.1, 0.15) is 5.76 Å². The monoisotopic (exact) mass is 338 g/mol. The third-order valence-corrected chi connectivity index (χ3v) is 6.68. The molecule has 0 radical (unpaired) electrons. The van der Waals surface area contributed by atoms with E-state index in [9.17, 15) is 4.21 Å². The largest absolute Gasteiger partial charge is 0.361 e. The first-order valence-electron chi connectivity index (χ1n) is 7.84. The highest BCUT2D eigenvalue weighted by Crippen LogP contribution is 2.35. The van der Waals surface area contributed by atoms with Gasteiger partial charge < -0.3 is 4.52 Å². The van der Waals surface area contributed by atoms with Crippen LogP contribution >= 0.6 is 11.3 Å². The van der Waals surface area contributed by atoms with Crippen LogP contribution in [0, 0.1) is 13.8 Å². The van der Waals surface area contributed by atoms with Crippen LogP contribution in [0.25, 0.3) is 0 Å². The number of nitrogens with zero attached hydrogens (tertiary/aromatic N) is 2. The molecule has 22 heavy (non-hydrogen) atoms. The van der Waals surface area contributed by atoms with Gasteiger partial charge in [-0.25, -0.2) is 4.98 Å². The third-order valence-electron chi connectivity index (χ3n) is 4.34. The fraction of sp³-hybridized carbons (Fsp3) is 0.625. The first kappa shape index (κ1) is 15.9. The van der Waals surface area contributed by atoms with Gasteiger partial charge in [-0.3, -0.25) is 4.21 Å². The van der Waals surface area contributed by atoms with Crippen LogP contribution < -0.4 is 0 Å². The average molecular weight is 338 g/mol. The van der Waals surface area contributed by atoms with E-state index < -0.39 is 10.8 Å². The standard InChI is InChI=1S/C16H22N2O2S2/c1-11-15(12(2)20-18-11)7-8-22(19)10-14-9-21-16(17-14)13-5-3-4-6-13/h9,13H,3-8,10H2,1-2H3. The summed E-state index contributed by atoms with van der Waals surface area (Å²) < 4.78 is 17.4. The van der Waals surface area contributed by atoms with E-state index in [1.54, 1.807) is 11.3 Å². The summed E-state index contributed by atoms with van der Waals surface area (Å²) in [5, 5.41) is 7.27. The van der Waals surface area contributed by atoms with Crippen molar-refractivity contribution >= 4 is 22.1 Å². The predicted molar refractivity (Wildman–Crippen MR) is 89.7 cm³/mol. The zero-order valence-electron chi connectivity index (χ0n) is 13.1. The van der Waals surface area contributed by atoms with E-state index in [0.29, 0.717) is 17.4 Å².